The van der Waals surface area contributed by atoms with Crippen LogP contribution in [0.1, 0.15) is 30.6 Å². The summed E-state index contributed by atoms with van der Waals surface area (Å²) in [6, 6.07) is 0.589. The number of hydrogen-bond acceptors (Lipinski definition) is 8. The summed E-state index contributed by atoms with van der Waals surface area (Å²) < 4.78 is 23.5. The maximum absolute atomic E-state index is 14.0. The summed E-state index contributed by atoms with van der Waals surface area (Å²) in [4.78, 5) is 46.2. The number of nitro benzene ring substituents is 1. The summed E-state index contributed by atoms with van der Waals surface area (Å²) in [6.45, 7) is 3.26. The number of rotatable bonds is 10. The summed E-state index contributed by atoms with van der Waals surface area (Å²) in [5.74, 6) is -3.97. The van der Waals surface area contributed by atoms with Crippen molar-refractivity contribution < 1.29 is 33.2 Å². The molecule has 0 saturated heterocycles. The van der Waals surface area contributed by atoms with Crippen LogP contribution in [0.25, 0.3) is 0 Å². The molecule has 0 spiro atoms. The molecule has 0 saturated carbocycles. The normalized spacial score (nSPS) is 11.0. The molecule has 1 N–H and O–H groups in total. The zero-order chi connectivity index (χ0) is 22.1. The second kappa shape index (κ2) is 11.3. The van der Waals surface area contributed by atoms with Crippen molar-refractivity contribution in [3.05, 3.63) is 49.4 Å². The minimum atomic E-state index is -1.26. The fourth-order valence-corrected chi connectivity index (χ4v) is 2.64. The van der Waals surface area contributed by atoms with Crippen LogP contribution in [-0.2, 0) is 19.1 Å². The highest BCUT2D eigenvalue weighted by Crippen LogP contribution is 2.38. The van der Waals surface area contributed by atoms with Gasteiger partial charge in [-0.05, 0) is 19.9 Å². The Hall–Kier alpha value is -2.72. The summed E-state index contributed by atoms with van der Waals surface area (Å²) in [5, 5.41) is 12.1. The van der Waals surface area contributed by atoms with Crippen molar-refractivity contribution in [2.75, 3.05) is 19.8 Å². The van der Waals surface area contributed by atoms with E-state index in [2.05, 4.69) is 5.32 Å². The molecular weight excluding hydrogens is 434 g/mol. The molecule has 0 aliphatic rings. The molecule has 0 aliphatic carbocycles. The molecule has 0 bridgehead atoms. The highest BCUT2D eigenvalue weighted by atomic mass is 35.5. The number of nitrogens with zero attached hydrogens (tertiary/aromatic N) is 1. The minimum absolute atomic E-state index is 0.0118. The Kier molecular flexibility index (Phi) is 9.49. The van der Waals surface area contributed by atoms with Crippen LogP contribution in [0.15, 0.2) is 17.8 Å². The van der Waals surface area contributed by atoms with Crippen LogP contribution in [-0.4, -0.2) is 42.4 Å². The Bertz CT molecular complexity index is 859. The van der Waals surface area contributed by atoms with E-state index in [4.69, 9.17) is 32.7 Å². The molecular formula is C17H17Cl2FN2O7. The zero-order valence-electron chi connectivity index (χ0n) is 15.4. The van der Waals surface area contributed by atoms with Crippen LogP contribution < -0.4 is 5.32 Å². The molecule has 1 aromatic rings. The van der Waals surface area contributed by atoms with E-state index in [1.165, 1.54) is 6.92 Å². The average Bonchev–Trinajstić information content (AvgIpc) is 2.64. The molecule has 0 radical (unpaired) electrons. The molecule has 1 aromatic carbocycles. The Morgan fingerprint density at radius 1 is 1.21 bits per heavy atom. The molecule has 0 atom stereocenters. The van der Waals surface area contributed by atoms with Crippen LogP contribution in [0.3, 0.4) is 0 Å². The van der Waals surface area contributed by atoms with Gasteiger partial charge in [0.2, 0.25) is 5.78 Å². The third-order valence-corrected chi connectivity index (χ3v) is 4.07. The van der Waals surface area contributed by atoms with Crippen LogP contribution >= 0.6 is 23.2 Å². The van der Waals surface area contributed by atoms with E-state index in [-0.39, 0.29) is 26.2 Å². The van der Waals surface area contributed by atoms with Gasteiger partial charge < -0.3 is 14.8 Å². The minimum Gasteiger partial charge on any atom is -0.466 e. The molecule has 0 aromatic heterocycles. The van der Waals surface area contributed by atoms with Crippen molar-refractivity contribution >= 4 is 46.6 Å². The van der Waals surface area contributed by atoms with Crippen LogP contribution in [0, 0.1) is 15.9 Å². The number of halogens is 3. The number of esters is 2. The largest absolute Gasteiger partial charge is 0.466 e. The lowest BCUT2D eigenvalue weighted by molar-refractivity contribution is -0.384. The maximum atomic E-state index is 14.0. The second-order valence-electron chi connectivity index (χ2n) is 5.26. The topological polar surface area (TPSA) is 125 Å². The summed E-state index contributed by atoms with van der Waals surface area (Å²) in [7, 11) is 0. The lowest BCUT2D eigenvalue weighted by atomic mass is 10.0. The van der Waals surface area contributed by atoms with E-state index in [1.807, 2.05) is 0 Å². The van der Waals surface area contributed by atoms with E-state index in [1.54, 1.807) is 6.92 Å². The van der Waals surface area contributed by atoms with Crippen molar-refractivity contribution in [2.24, 2.45) is 0 Å². The first-order chi connectivity index (χ1) is 13.6. The van der Waals surface area contributed by atoms with Gasteiger partial charge in [0.15, 0.2) is 5.02 Å². The summed E-state index contributed by atoms with van der Waals surface area (Å²) >= 11 is 11.4. The summed E-state index contributed by atoms with van der Waals surface area (Å²) in [6.07, 6.45) is 0.894. The number of nitro groups is 1. The van der Waals surface area contributed by atoms with Crippen molar-refractivity contribution in [3.8, 4) is 0 Å². The van der Waals surface area contributed by atoms with Crippen LogP contribution in [0.5, 0.6) is 0 Å². The van der Waals surface area contributed by atoms with Crippen LogP contribution in [0.2, 0.25) is 10.0 Å². The van der Waals surface area contributed by atoms with Crippen molar-refractivity contribution in [1.82, 2.24) is 5.32 Å². The second-order valence-corrected chi connectivity index (χ2v) is 6.01. The Morgan fingerprint density at radius 2 is 1.83 bits per heavy atom. The average molecular weight is 451 g/mol. The predicted molar refractivity (Wildman–Crippen MR) is 101 cm³/mol. The molecule has 9 nitrogen and oxygen atoms in total. The number of benzene rings is 1. The first-order valence-corrected chi connectivity index (χ1v) is 9.04. The zero-order valence-corrected chi connectivity index (χ0v) is 16.9. The predicted octanol–water partition coefficient (Wildman–Crippen LogP) is 3.21. The monoisotopic (exact) mass is 450 g/mol. The first-order valence-electron chi connectivity index (χ1n) is 8.28. The number of carbonyl (C=O) groups excluding carboxylic acids is 3. The fourth-order valence-electron chi connectivity index (χ4n) is 2.07. The number of ether oxygens (including phenoxy) is 2. The fraction of sp³-hybridized carbons (Fsp3) is 0.353. The standard InChI is InChI=1S/C17H17Cl2FN2O7/c1-3-28-12(23)5-6-21-8-10(17(25)29-4-2)16(24)9-7-11(20)14(19)15(13(9)18)22(26)27/h7-8,21H,3-6H2,1-2H3. The SMILES string of the molecule is CCOC(=O)CCNC=C(C(=O)OCC)C(=O)c1cc(F)c(Cl)c([N+](=O)[O-])c1Cl. The van der Waals surface area contributed by atoms with Crippen molar-refractivity contribution in [2.45, 2.75) is 20.3 Å². The van der Waals surface area contributed by atoms with Gasteiger partial charge in [-0.25, -0.2) is 9.18 Å². The highest BCUT2D eigenvalue weighted by molar-refractivity contribution is 6.42. The third-order valence-electron chi connectivity index (χ3n) is 3.33. The number of Topliss-reactive ketones (excluding diaryl/α,β-unsaturated/α-hetero) is 1. The highest BCUT2D eigenvalue weighted by Gasteiger charge is 2.31. The van der Waals surface area contributed by atoms with Gasteiger partial charge in [-0.3, -0.25) is 19.7 Å². The number of carbonyl (C=O) groups is 3. The van der Waals surface area contributed by atoms with Crippen LogP contribution in [0.4, 0.5) is 10.1 Å². The van der Waals surface area contributed by atoms with Gasteiger partial charge in [0.05, 0.1) is 30.1 Å². The molecule has 1 rings (SSSR count). The molecule has 0 aliphatic heterocycles. The Morgan fingerprint density at radius 3 is 2.38 bits per heavy atom. The van der Waals surface area contributed by atoms with E-state index in [0.29, 0.717) is 6.07 Å². The quantitative estimate of drug-likeness (QED) is 0.0662. The molecule has 0 unspecified atom stereocenters. The Balaban J connectivity index is 3.25. The van der Waals surface area contributed by atoms with Gasteiger partial charge in [0.25, 0.3) is 0 Å². The van der Waals surface area contributed by atoms with Gasteiger partial charge >= 0.3 is 17.6 Å². The van der Waals surface area contributed by atoms with E-state index in [0.717, 1.165) is 6.20 Å². The van der Waals surface area contributed by atoms with Gasteiger partial charge in [-0.15, -0.1) is 0 Å². The van der Waals surface area contributed by atoms with Gasteiger partial charge in [-0.1, -0.05) is 23.2 Å². The van der Waals surface area contributed by atoms with Gasteiger partial charge in [0, 0.05) is 12.7 Å². The number of ketones is 1. The van der Waals surface area contributed by atoms with Crippen molar-refractivity contribution in [1.29, 1.82) is 0 Å². The molecule has 158 valence electrons. The smallest absolute Gasteiger partial charge is 0.343 e. The molecule has 0 fully saturated rings. The molecule has 12 heteroatoms. The van der Waals surface area contributed by atoms with E-state index in [9.17, 15) is 28.9 Å². The molecule has 29 heavy (non-hydrogen) atoms. The number of hydrogen-bond donors (Lipinski definition) is 1. The lowest BCUT2D eigenvalue weighted by Crippen LogP contribution is -2.22. The van der Waals surface area contributed by atoms with E-state index < -0.39 is 55.3 Å². The van der Waals surface area contributed by atoms with Gasteiger partial charge in [0.1, 0.15) is 16.4 Å². The molecule has 0 amide bonds. The van der Waals surface area contributed by atoms with Gasteiger partial charge in [-0.2, -0.15) is 0 Å². The third kappa shape index (κ3) is 6.40. The summed E-state index contributed by atoms with van der Waals surface area (Å²) in [5.41, 5.74) is -2.25. The first kappa shape index (κ1) is 24.3. The Labute approximate surface area is 174 Å². The van der Waals surface area contributed by atoms with E-state index >= 15 is 0 Å². The maximum Gasteiger partial charge on any atom is 0.343 e. The number of nitrogens with one attached hydrogen (secondary N) is 1. The lowest BCUT2D eigenvalue weighted by Gasteiger charge is -2.10. The van der Waals surface area contributed by atoms with Crippen molar-refractivity contribution in [3.63, 3.8) is 0 Å². The molecule has 0 heterocycles.